The molecule has 0 aliphatic carbocycles. The van der Waals surface area contributed by atoms with E-state index in [2.05, 4.69) is 10.6 Å². The average molecular weight is 363 g/mol. The Morgan fingerprint density at radius 2 is 1.46 bits per heavy atom. The van der Waals surface area contributed by atoms with Gasteiger partial charge in [0.05, 0.1) is 5.75 Å². The lowest BCUT2D eigenvalue weighted by Gasteiger charge is -2.07. The molecule has 4 nitrogen and oxygen atoms in total. The van der Waals surface area contributed by atoms with E-state index in [1.54, 1.807) is 24.3 Å². The summed E-state index contributed by atoms with van der Waals surface area (Å²) in [5.41, 5.74) is 1.49. The fraction of sp³-hybridized carbons (Fsp3) is 0.222. The van der Waals surface area contributed by atoms with Gasteiger partial charge in [0.1, 0.15) is 0 Å². The first-order chi connectivity index (χ1) is 11.6. The minimum Gasteiger partial charge on any atom is -0.326 e. The lowest BCUT2D eigenvalue weighted by atomic mass is 10.3. The molecule has 2 N–H and O–H groups in total. The maximum absolute atomic E-state index is 11.9. The number of carbonyl (C=O) groups excluding carboxylic acids is 2. The molecule has 2 aromatic rings. The summed E-state index contributed by atoms with van der Waals surface area (Å²) in [6.45, 7) is 1.97. The maximum Gasteiger partial charge on any atom is 0.234 e. The van der Waals surface area contributed by atoms with Crippen LogP contribution >= 0.6 is 23.4 Å². The van der Waals surface area contributed by atoms with Crippen LogP contribution in [0.4, 0.5) is 11.4 Å². The van der Waals surface area contributed by atoms with Gasteiger partial charge in [-0.15, -0.1) is 11.8 Å². The summed E-state index contributed by atoms with van der Waals surface area (Å²) in [4.78, 5) is 24.4. The summed E-state index contributed by atoms with van der Waals surface area (Å²) in [6.07, 6.45) is 1.34. The molecule has 0 spiro atoms. The Labute approximate surface area is 151 Å². The highest BCUT2D eigenvalue weighted by Crippen LogP contribution is 2.21. The maximum atomic E-state index is 11.9. The molecule has 2 aromatic carbocycles. The molecular formula is C18H19ClN2O2S. The zero-order valence-corrected chi connectivity index (χ0v) is 14.9. The predicted molar refractivity (Wildman–Crippen MR) is 101 cm³/mol. The summed E-state index contributed by atoms with van der Waals surface area (Å²) >= 11 is 7.25. The van der Waals surface area contributed by atoms with Crippen molar-refractivity contribution in [1.29, 1.82) is 0 Å². The third-order valence-corrected chi connectivity index (χ3v) is 4.38. The van der Waals surface area contributed by atoms with Gasteiger partial charge in [-0.2, -0.15) is 0 Å². The topological polar surface area (TPSA) is 58.2 Å². The Morgan fingerprint density at radius 1 is 0.917 bits per heavy atom. The van der Waals surface area contributed by atoms with Crippen molar-refractivity contribution in [1.82, 2.24) is 0 Å². The van der Waals surface area contributed by atoms with Gasteiger partial charge >= 0.3 is 0 Å². The van der Waals surface area contributed by atoms with Crippen LogP contribution in [0.2, 0.25) is 5.02 Å². The first kappa shape index (κ1) is 18.4. The van der Waals surface area contributed by atoms with Crippen molar-refractivity contribution in [2.75, 3.05) is 16.4 Å². The first-order valence-corrected chi connectivity index (χ1v) is 9.01. The van der Waals surface area contributed by atoms with Gasteiger partial charge in [-0.25, -0.2) is 0 Å². The van der Waals surface area contributed by atoms with Crippen molar-refractivity contribution in [3.63, 3.8) is 0 Å². The minimum absolute atomic E-state index is 0.0141. The van der Waals surface area contributed by atoms with Gasteiger partial charge in [0.25, 0.3) is 0 Å². The lowest BCUT2D eigenvalue weighted by molar-refractivity contribution is -0.116. The number of anilines is 2. The second-order valence-corrected chi connectivity index (χ2v) is 6.65. The molecule has 0 saturated heterocycles. The molecule has 2 amide bonds. The largest absolute Gasteiger partial charge is 0.326 e. The van der Waals surface area contributed by atoms with E-state index in [0.29, 0.717) is 17.2 Å². The van der Waals surface area contributed by atoms with E-state index in [1.807, 2.05) is 31.2 Å². The van der Waals surface area contributed by atoms with Gasteiger partial charge in [0.2, 0.25) is 11.8 Å². The number of thioether (sulfide) groups is 1. The molecule has 0 aliphatic heterocycles. The fourth-order valence-corrected chi connectivity index (χ4v) is 2.79. The van der Waals surface area contributed by atoms with Crippen molar-refractivity contribution < 1.29 is 9.59 Å². The van der Waals surface area contributed by atoms with Gasteiger partial charge in [-0.3, -0.25) is 9.59 Å². The zero-order chi connectivity index (χ0) is 17.4. The monoisotopic (exact) mass is 362 g/mol. The minimum atomic E-state index is -0.0809. The van der Waals surface area contributed by atoms with Gasteiger partial charge < -0.3 is 10.6 Å². The normalized spacial score (nSPS) is 10.2. The van der Waals surface area contributed by atoms with E-state index in [-0.39, 0.29) is 11.8 Å². The van der Waals surface area contributed by atoms with Crippen LogP contribution in [0.25, 0.3) is 0 Å². The number of amides is 2. The van der Waals surface area contributed by atoms with Crippen LogP contribution in [-0.4, -0.2) is 17.6 Å². The smallest absolute Gasteiger partial charge is 0.234 e. The van der Waals surface area contributed by atoms with Crippen LogP contribution in [0.1, 0.15) is 19.8 Å². The van der Waals surface area contributed by atoms with Gasteiger partial charge in [-0.05, 0) is 55.0 Å². The molecule has 0 unspecified atom stereocenters. The molecule has 0 atom stereocenters. The van der Waals surface area contributed by atoms with Crippen molar-refractivity contribution in [2.24, 2.45) is 0 Å². The molecule has 2 rings (SSSR count). The summed E-state index contributed by atoms with van der Waals surface area (Å²) in [5.74, 6) is 0.243. The highest BCUT2D eigenvalue weighted by Gasteiger charge is 2.05. The van der Waals surface area contributed by atoms with Crippen LogP contribution < -0.4 is 10.6 Å². The second-order valence-electron chi connectivity index (χ2n) is 5.17. The highest BCUT2D eigenvalue weighted by atomic mass is 35.5. The molecule has 0 bridgehead atoms. The Bertz CT molecular complexity index is 687. The van der Waals surface area contributed by atoms with Crippen LogP contribution in [0, 0.1) is 0 Å². The molecule has 0 heterocycles. The van der Waals surface area contributed by atoms with Gasteiger partial charge in [0, 0.05) is 27.7 Å². The summed E-state index contributed by atoms with van der Waals surface area (Å²) in [6, 6.07) is 14.5. The van der Waals surface area contributed by atoms with E-state index in [1.165, 1.54) is 11.8 Å². The van der Waals surface area contributed by atoms with E-state index in [9.17, 15) is 9.59 Å². The molecule has 6 heteroatoms. The standard InChI is InChI=1S/C18H19ClN2O2S/c1-2-3-17(22)20-15-8-10-16(11-9-15)24-12-18(23)21-14-6-4-13(19)5-7-14/h4-11H,2-3,12H2,1H3,(H,20,22)(H,21,23). The number of hydrogen-bond acceptors (Lipinski definition) is 3. The lowest BCUT2D eigenvalue weighted by Crippen LogP contribution is -2.13. The fourth-order valence-electron chi connectivity index (χ4n) is 1.96. The zero-order valence-electron chi connectivity index (χ0n) is 13.3. The summed E-state index contributed by atoms with van der Waals surface area (Å²) in [7, 11) is 0. The quantitative estimate of drug-likeness (QED) is 0.695. The van der Waals surface area contributed by atoms with Crippen LogP contribution in [0.5, 0.6) is 0 Å². The number of nitrogens with one attached hydrogen (secondary N) is 2. The number of hydrogen-bond donors (Lipinski definition) is 2. The third kappa shape index (κ3) is 6.26. The predicted octanol–water partition coefficient (Wildman–Crippen LogP) is 4.81. The van der Waals surface area contributed by atoms with E-state index in [0.717, 1.165) is 22.7 Å². The first-order valence-electron chi connectivity index (χ1n) is 7.65. The van der Waals surface area contributed by atoms with E-state index < -0.39 is 0 Å². The van der Waals surface area contributed by atoms with Crippen molar-refractivity contribution in [3.05, 3.63) is 53.6 Å². The highest BCUT2D eigenvalue weighted by molar-refractivity contribution is 8.00. The molecule has 0 saturated carbocycles. The summed E-state index contributed by atoms with van der Waals surface area (Å²) < 4.78 is 0. The van der Waals surface area contributed by atoms with E-state index >= 15 is 0 Å². The number of benzene rings is 2. The molecule has 0 fully saturated rings. The molecular weight excluding hydrogens is 344 g/mol. The van der Waals surface area contributed by atoms with Crippen LogP contribution in [-0.2, 0) is 9.59 Å². The average Bonchev–Trinajstić information content (AvgIpc) is 2.56. The van der Waals surface area contributed by atoms with Gasteiger partial charge in [0.15, 0.2) is 0 Å². The van der Waals surface area contributed by atoms with E-state index in [4.69, 9.17) is 11.6 Å². The Balaban J connectivity index is 1.80. The van der Waals surface area contributed by atoms with Crippen molar-refractivity contribution >= 4 is 46.6 Å². The Kier molecular flexibility index (Phi) is 7.15. The van der Waals surface area contributed by atoms with Crippen molar-refractivity contribution in [3.8, 4) is 0 Å². The van der Waals surface area contributed by atoms with Crippen LogP contribution in [0.3, 0.4) is 0 Å². The molecule has 0 radical (unpaired) electrons. The van der Waals surface area contributed by atoms with Gasteiger partial charge in [-0.1, -0.05) is 18.5 Å². The van der Waals surface area contributed by atoms with Crippen molar-refractivity contribution in [2.45, 2.75) is 24.7 Å². The van der Waals surface area contributed by atoms with Crippen LogP contribution in [0.15, 0.2) is 53.4 Å². The molecule has 0 aromatic heterocycles. The Morgan fingerprint density at radius 3 is 2.04 bits per heavy atom. The molecule has 126 valence electrons. The summed E-state index contributed by atoms with van der Waals surface area (Å²) in [5, 5.41) is 6.28. The molecule has 24 heavy (non-hydrogen) atoms. The second kappa shape index (κ2) is 9.35. The number of rotatable bonds is 7. The number of carbonyl (C=O) groups is 2. The number of halogens is 1. The third-order valence-electron chi connectivity index (χ3n) is 3.11. The Hall–Kier alpha value is -1.98. The molecule has 0 aliphatic rings. The SMILES string of the molecule is CCCC(=O)Nc1ccc(SCC(=O)Nc2ccc(Cl)cc2)cc1.